The van der Waals surface area contributed by atoms with Crippen molar-refractivity contribution in [1.82, 2.24) is 15.3 Å². The van der Waals surface area contributed by atoms with Gasteiger partial charge in [0.2, 0.25) is 0 Å². The molecule has 1 aliphatic rings. The van der Waals surface area contributed by atoms with Crippen LogP contribution >= 0.6 is 11.6 Å². The molecule has 3 rings (SSSR count). The molecule has 1 aromatic carbocycles. The van der Waals surface area contributed by atoms with Gasteiger partial charge in [-0.05, 0) is 30.5 Å². The average molecular weight is 317 g/mol. The SMILES string of the molecule is O=C(Nc1cnccn1)NC1(c2cccc(Cl)c2)CCCC1. The Hall–Kier alpha value is -2.14. The summed E-state index contributed by atoms with van der Waals surface area (Å²) in [7, 11) is 0. The third-order valence-electron chi connectivity index (χ3n) is 3.99. The Morgan fingerprint density at radius 2 is 2.05 bits per heavy atom. The molecule has 1 aromatic heterocycles. The molecule has 0 atom stereocenters. The summed E-state index contributed by atoms with van der Waals surface area (Å²) in [5, 5.41) is 6.51. The maximum atomic E-state index is 12.3. The van der Waals surface area contributed by atoms with Gasteiger partial charge in [-0.15, -0.1) is 0 Å². The fourth-order valence-corrected chi connectivity index (χ4v) is 3.17. The highest BCUT2D eigenvalue weighted by Crippen LogP contribution is 2.39. The van der Waals surface area contributed by atoms with Gasteiger partial charge in [-0.25, -0.2) is 9.78 Å². The molecule has 6 heteroatoms. The van der Waals surface area contributed by atoms with E-state index in [1.165, 1.54) is 12.4 Å². The smallest absolute Gasteiger partial charge is 0.321 e. The number of rotatable bonds is 3. The van der Waals surface area contributed by atoms with Crippen LogP contribution in [0.2, 0.25) is 5.02 Å². The lowest BCUT2D eigenvalue weighted by Gasteiger charge is -2.31. The van der Waals surface area contributed by atoms with Crippen LogP contribution < -0.4 is 10.6 Å². The van der Waals surface area contributed by atoms with Crippen molar-refractivity contribution in [1.29, 1.82) is 0 Å². The number of benzene rings is 1. The van der Waals surface area contributed by atoms with E-state index in [4.69, 9.17) is 11.6 Å². The zero-order valence-corrected chi connectivity index (χ0v) is 12.8. The van der Waals surface area contributed by atoms with Crippen LogP contribution in [-0.4, -0.2) is 16.0 Å². The van der Waals surface area contributed by atoms with Crippen molar-refractivity contribution in [3.63, 3.8) is 0 Å². The van der Waals surface area contributed by atoms with Gasteiger partial charge in [-0.1, -0.05) is 36.6 Å². The van der Waals surface area contributed by atoms with E-state index in [0.29, 0.717) is 10.8 Å². The molecule has 0 radical (unpaired) electrons. The summed E-state index contributed by atoms with van der Waals surface area (Å²) in [5.41, 5.74) is 0.684. The Bertz CT molecular complexity index is 656. The third kappa shape index (κ3) is 3.20. The minimum Gasteiger partial charge on any atom is -0.328 e. The predicted octanol–water partition coefficient (Wildman–Crippen LogP) is 3.72. The summed E-state index contributed by atoms with van der Waals surface area (Å²) in [6, 6.07) is 7.42. The molecule has 22 heavy (non-hydrogen) atoms. The number of amides is 2. The Balaban J connectivity index is 1.78. The number of urea groups is 1. The summed E-state index contributed by atoms with van der Waals surface area (Å²) < 4.78 is 0. The van der Waals surface area contributed by atoms with Crippen LogP contribution in [0.5, 0.6) is 0 Å². The van der Waals surface area contributed by atoms with E-state index in [-0.39, 0.29) is 11.6 Å². The number of hydrogen-bond donors (Lipinski definition) is 2. The van der Waals surface area contributed by atoms with Crippen LogP contribution in [0.4, 0.5) is 10.6 Å². The molecule has 1 heterocycles. The molecule has 114 valence electrons. The molecule has 0 spiro atoms. The van der Waals surface area contributed by atoms with Gasteiger partial charge < -0.3 is 5.32 Å². The van der Waals surface area contributed by atoms with Crippen LogP contribution in [0.25, 0.3) is 0 Å². The molecule has 2 aromatic rings. The van der Waals surface area contributed by atoms with E-state index >= 15 is 0 Å². The summed E-state index contributed by atoms with van der Waals surface area (Å²) in [5.74, 6) is 0.430. The molecule has 0 saturated heterocycles. The van der Waals surface area contributed by atoms with Crippen molar-refractivity contribution < 1.29 is 4.79 Å². The second-order valence-electron chi connectivity index (χ2n) is 5.47. The first kappa shape index (κ1) is 14.8. The number of aromatic nitrogens is 2. The van der Waals surface area contributed by atoms with Gasteiger partial charge in [0.05, 0.1) is 11.7 Å². The van der Waals surface area contributed by atoms with Gasteiger partial charge in [0.15, 0.2) is 5.82 Å². The molecule has 5 nitrogen and oxygen atoms in total. The highest BCUT2D eigenvalue weighted by Gasteiger charge is 2.37. The fraction of sp³-hybridized carbons (Fsp3) is 0.312. The average Bonchev–Trinajstić information content (AvgIpc) is 2.98. The first-order chi connectivity index (χ1) is 10.7. The van der Waals surface area contributed by atoms with Gasteiger partial charge in [-0.3, -0.25) is 10.3 Å². The molecule has 0 unspecified atom stereocenters. The normalized spacial score (nSPS) is 16.2. The van der Waals surface area contributed by atoms with E-state index in [1.807, 2.05) is 24.3 Å². The summed E-state index contributed by atoms with van der Waals surface area (Å²) in [6.07, 6.45) is 8.59. The first-order valence-electron chi connectivity index (χ1n) is 7.29. The number of anilines is 1. The molecule has 2 amide bonds. The van der Waals surface area contributed by atoms with E-state index in [9.17, 15) is 4.79 Å². The molecule has 2 N–H and O–H groups in total. The lowest BCUT2D eigenvalue weighted by Crippen LogP contribution is -2.46. The molecule has 1 saturated carbocycles. The first-order valence-corrected chi connectivity index (χ1v) is 7.67. The quantitative estimate of drug-likeness (QED) is 0.907. The second kappa shape index (κ2) is 6.32. The second-order valence-corrected chi connectivity index (χ2v) is 5.91. The third-order valence-corrected chi connectivity index (χ3v) is 4.23. The van der Waals surface area contributed by atoms with Crippen molar-refractivity contribution in [2.24, 2.45) is 0 Å². The number of hydrogen-bond acceptors (Lipinski definition) is 3. The Kier molecular flexibility index (Phi) is 4.24. The fourth-order valence-electron chi connectivity index (χ4n) is 2.98. The summed E-state index contributed by atoms with van der Waals surface area (Å²) >= 11 is 6.10. The van der Waals surface area contributed by atoms with Gasteiger partial charge >= 0.3 is 6.03 Å². The van der Waals surface area contributed by atoms with Crippen LogP contribution in [0.1, 0.15) is 31.2 Å². The minimum absolute atomic E-state index is 0.276. The van der Waals surface area contributed by atoms with E-state index in [2.05, 4.69) is 20.6 Å². The highest BCUT2D eigenvalue weighted by atomic mass is 35.5. The zero-order valence-electron chi connectivity index (χ0n) is 12.1. The molecular formula is C16H17ClN4O. The monoisotopic (exact) mass is 316 g/mol. The Labute approximate surface area is 134 Å². The molecule has 0 aliphatic heterocycles. The van der Waals surface area contributed by atoms with Crippen molar-refractivity contribution >= 4 is 23.4 Å². The summed E-state index contributed by atoms with van der Waals surface area (Å²) in [4.78, 5) is 20.3. The van der Waals surface area contributed by atoms with Gasteiger partial charge in [0.1, 0.15) is 0 Å². The lowest BCUT2D eigenvalue weighted by atomic mass is 9.88. The maximum absolute atomic E-state index is 12.3. The van der Waals surface area contributed by atoms with Crippen LogP contribution in [-0.2, 0) is 5.54 Å². The van der Waals surface area contributed by atoms with Gasteiger partial charge in [0, 0.05) is 17.4 Å². The Morgan fingerprint density at radius 3 is 2.73 bits per heavy atom. The number of carbonyl (C=O) groups excluding carboxylic acids is 1. The molecular weight excluding hydrogens is 300 g/mol. The van der Waals surface area contributed by atoms with Gasteiger partial charge in [0.25, 0.3) is 0 Å². The van der Waals surface area contributed by atoms with Crippen molar-refractivity contribution in [2.75, 3.05) is 5.32 Å². The van der Waals surface area contributed by atoms with Crippen molar-refractivity contribution in [3.05, 3.63) is 53.4 Å². The predicted molar refractivity (Wildman–Crippen MR) is 85.8 cm³/mol. The van der Waals surface area contributed by atoms with Crippen molar-refractivity contribution in [3.8, 4) is 0 Å². The van der Waals surface area contributed by atoms with Crippen LogP contribution in [0.3, 0.4) is 0 Å². The topological polar surface area (TPSA) is 66.9 Å². The molecule has 1 fully saturated rings. The largest absolute Gasteiger partial charge is 0.328 e. The molecule has 0 bridgehead atoms. The zero-order chi connectivity index (χ0) is 15.4. The number of nitrogens with zero attached hydrogens (tertiary/aromatic N) is 2. The number of carbonyl (C=O) groups is 1. The minimum atomic E-state index is -0.364. The van der Waals surface area contributed by atoms with Crippen LogP contribution in [0.15, 0.2) is 42.9 Å². The Morgan fingerprint density at radius 1 is 1.23 bits per heavy atom. The van der Waals surface area contributed by atoms with Crippen LogP contribution in [0, 0.1) is 0 Å². The van der Waals surface area contributed by atoms with Crippen molar-refractivity contribution in [2.45, 2.75) is 31.2 Å². The highest BCUT2D eigenvalue weighted by molar-refractivity contribution is 6.30. The summed E-state index contributed by atoms with van der Waals surface area (Å²) in [6.45, 7) is 0. The maximum Gasteiger partial charge on any atom is 0.321 e. The number of halogens is 1. The van der Waals surface area contributed by atoms with Gasteiger partial charge in [-0.2, -0.15) is 0 Å². The van der Waals surface area contributed by atoms with E-state index in [0.717, 1.165) is 31.2 Å². The number of nitrogens with one attached hydrogen (secondary N) is 2. The lowest BCUT2D eigenvalue weighted by molar-refractivity contribution is 0.236. The van der Waals surface area contributed by atoms with E-state index < -0.39 is 0 Å². The van der Waals surface area contributed by atoms with E-state index in [1.54, 1.807) is 6.20 Å². The molecule has 1 aliphatic carbocycles. The standard InChI is InChI=1S/C16H17ClN4O/c17-13-5-3-4-12(10-13)16(6-1-2-7-16)21-15(22)20-14-11-18-8-9-19-14/h3-5,8-11H,1-2,6-7H2,(H2,19,20,21,22).